The molecule has 0 saturated heterocycles. The summed E-state index contributed by atoms with van der Waals surface area (Å²) in [6, 6.07) is 7.41. The second-order valence-electron chi connectivity index (χ2n) is 4.36. The third-order valence-electron chi connectivity index (χ3n) is 2.96. The Bertz CT molecular complexity index is 580. The van der Waals surface area contributed by atoms with Gasteiger partial charge in [-0.2, -0.15) is 0 Å². The molecule has 1 heterocycles. The van der Waals surface area contributed by atoms with Crippen molar-refractivity contribution in [3.8, 4) is 0 Å². The summed E-state index contributed by atoms with van der Waals surface area (Å²) in [4.78, 5) is 16.5. The molecule has 0 saturated carbocycles. The lowest BCUT2D eigenvalue weighted by molar-refractivity contribution is 0.194. The number of nitrogens with zero attached hydrogens (tertiary/aromatic N) is 2. The number of ether oxygens (including phenoxy) is 1. The average molecular weight is 261 g/mol. The van der Waals surface area contributed by atoms with Gasteiger partial charge in [-0.15, -0.1) is 0 Å². The lowest BCUT2D eigenvalue weighted by Gasteiger charge is -2.07. The number of hydrogen-bond acceptors (Lipinski definition) is 4. The van der Waals surface area contributed by atoms with Crippen LogP contribution in [0.3, 0.4) is 0 Å². The van der Waals surface area contributed by atoms with E-state index in [1.165, 1.54) is 0 Å². The van der Waals surface area contributed by atoms with Crippen molar-refractivity contribution in [1.82, 2.24) is 14.9 Å². The van der Waals surface area contributed by atoms with Crippen LogP contribution in [0.4, 0.5) is 0 Å². The molecule has 0 radical (unpaired) electrons. The Hall–Kier alpha value is -1.72. The van der Waals surface area contributed by atoms with E-state index in [-0.39, 0.29) is 5.56 Å². The molecule has 19 heavy (non-hydrogen) atoms. The van der Waals surface area contributed by atoms with Gasteiger partial charge in [0.25, 0.3) is 5.56 Å². The highest BCUT2D eigenvalue weighted by atomic mass is 16.5. The SMILES string of the molecule is COCCCNCCn1cnc2ccccc2c1=O. The summed E-state index contributed by atoms with van der Waals surface area (Å²) in [6.07, 6.45) is 2.59. The van der Waals surface area contributed by atoms with E-state index >= 15 is 0 Å². The van der Waals surface area contributed by atoms with E-state index in [1.54, 1.807) is 18.0 Å². The van der Waals surface area contributed by atoms with Crippen molar-refractivity contribution in [2.24, 2.45) is 0 Å². The van der Waals surface area contributed by atoms with E-state index in [2.05, 4.69) is 10.3 Å². The lowest BCUT2D eigenvalue weighted by atomic mass is 10.2. The molecule has 0 unspecified atom stereocenters. The fraction of sp³-hybridized carbons (Fsp3) is 0.429. The minimum Gasteiger partial charge on any atom is -0.385 e. The Morgan fingerprint density at radius 1 is 1.32 bits per heavy atom. The average Bonchev–Trinajstić information content (AvgIpc) is 2.45. The lowest BCUT2D eigenvalue weighted by Crippen LogP contribution is -2.28. The van der Waals surface area contributed by atoms with Gasteiger partial charge in [0.15, 0.2) is 0 Å². The van der Waals surface area contributed by atoms with Gasteiger partial charge in [0.1, 0.15) is 0 Å². The molecule has 0 spiro atoms. The first-order valence-electron chi connectivity index (χ1n) is 6.47. The number of nitrogens with one attached hydrogen (secondary N) is 1. The standard InChI is InChI=1S/C14H19N3O2/c1-19-10-4-7-15-8-9-17-11-16-13-6-3-2-5-12(13)14(17)18/h2-3,5-6,11,15H,4,7-10H2,1H3. The van der Waals surface area contributed by atoms with Crippen molar-refractivity contribution in [1.29, 1.82) is 0 Å². The first kappa shape index (κ1) is 13.7. The fourth-order valence-electron chi connectivity index (χ4n) is 1.93. The molecule has 0 bridgehead atoms. The Kier molecular flexibility index (Phi) is 5.06. The molecule has 1 aromatic carbocycles. The molecule has 0 aliphatic rings. The summed E-state index contributed by atoms with van der Waals surface area (Å²) < 4.78 is 6.61. The van der Waals surface area contributed by atoms with Crippen LogP contribution in [0.5, 0.6) is 0 Å². The van der Waals surface area contributed by atoms with E-state index in [0.29, 0.717) is 11.9 Å². The van der Waals surface area contributed by atoms with Gasteiger partial charge in [0, 0.05) is 26.8 Å². The van der Waals surface area contributed by atoms with Crippen molar-refractivity contribution in [2.75, 3.05) is 26.8 Å². The van der Waals surface area contributed by atoms with Crippen LogP contribution in [-0.4, -0.2) is 36.4 Å². The highest BCUT2D eigenvalue weighted by Crippen LogP contribution is 2.04. The minimum absolute atomic E-state index is 0.0179. The van der Waals surface area contributed by atoms with Crippen LogP contribution >= 0.6 is 0 Å². The van der Waals surface area contributed by atoms with Crippen LogP contribution in [0.25, 0.3) is 10.9 Å². The van der Waals surface area contributed by atoms with Crippen molar-refractivity contribution in [3.63, 3.8) is 0 Å². The molecule has 0 atom stereocenters. The zero-order valence-corrected chi connectivity index (χ0v) is 11.1. The van der Waals surface area contributed by atoms with Gasteiger partial charge >= 0.3 is 0 Å². The third-order valence-corrected chi connectivity index (χ3v) is 2.96. The molecule has 5 nitrogen and oxygen atoms in total. The number of benzene rings is 1. The van der Waals surface area contributed by atoms with Gasteiger partial charge in [0.2, 0.25) is 0 Å². The van der Waals surface area contributed by atoms with Gasteiger partial charge in [-0.25, -0.2) is 4.98 Å². The second kappa shape index (κ2) is 7.01. The molecule has 102 valence electrons. The van der Waals surface area contributed by atoms with Gasteiger partial charge in [-0.05, 0) is 25.1 Å². The van der Waals surface area contributed by atoms with Crippen molar-refractivity contribution < 1.29 is 4.74 Å². The fourth-order valence-corrected chi connectivity index (χ4v) is 1.93. The van der Waals surface area contributed by atoms with Gasteiger partial charge in [-0.3, -0.25) is 9.36 Å². The predicted molar refractivity (Wildman–Crippen MR) is 75.4 cm³/mol. The first-order valence-corrected chi connectivity index (χ1v) is 6.47. The molecule has 1 aromatic heterocycles. The molecule has 2 aromatic rings. The maximum absolute atomic E-state index is 12.2. The van der Waals surface area contributed by atoms with E-state index in [1.807, 2.05) is 24.3 Å². The van der Waals surface area contributed by atoms with E-state index < -0.39 is 0 Å². The van der Waals surface area contributed by atoms with Crippen LogP contribution in [0.15, 0.2) is 35.4 Å². The quantitative estimate of drug-likeness (QED) is 0.756. The number of aromatic nitrogens is 2. The van der Waals surface area contributed by atoms with Crippen molar-refractivity contribution in [2.45, 2.75) is 13.0 Å². The Balaban J connectivity index is 1.94. The minimum atomic E-state index is 0.0179. The number of methoxy groups -OCH3 is 1. The Morgan fingerprint density at radius 2 is 2.16 bits per heavy atom. The highest BCUT2D eigenvalue weighted by Gasteiger charge is 2.02. The molecular formula is C14H19N3O2. The third kappa shape index (κ3) is 3.62. The van der Waals surface area contributed by atoms with Gasteiger partial charge < -0.3 is 10.1 Å². The molecule has 0 aliphatic heterocycles. The second-order valence-corrected chi connectivity index (χ2v) is 4.36. The summed E-state index contributed by atoms with van der Waals surface area (Å²) in [5, 5.41) is 3.95. The molecule has 0 amide bonds. The molecule has 5 heteroatoms. The molecule has 0 fully saturated rings. The number of hydrogen-bond donors (Lipinski definition) is 1. The Labute approximate surface area is 112 Å². The summed E-state index contributed by atoms with van der Waals surface area (Å²) in [6.45, 7) is 3.03. The van der Waals surface area contributed by atoms with Crippen LogP contribution < -0.4 is 10.9 Å². The number of rotatable bonds is 7. The van der Waals surface area contributed by atoms with E-state index in [4.69, 9.17) is 4.74 Å². The summed E-state index contributed by atoms with van der Waals surface area (Å²) >= 11 is 0. The Morgan fingerprint density at radius 3 is 3.00 bits per heavy atom. The van der Waals surface area contributed by atoms with Crippen molar-refractivity contribution in [3.05, 3.63) is 40.9 Å². The van der Waals surface area contributed by atoms with E-state index in [9.17, 15) is 4.79 Å². The summed E-state index contributed by atoms with van der Waals surface area (Å²) in [5.74, 6) is 0. The largest absolute Gasteiger partial charge is 0.385 e. The molecule has 0 aliphatic carbocycles. The smallest absolute Gasteiger partial charge is 0.261 e. The van der Waals surface area contributed by atoms with Crippen LogP contribution in [0.2, 0.25) is 0 Å². The molecule has 1 N–H and O–H groups in total. The van der Waals surface area contributed by atoms with E-state index in [0.717, 1.165) is 31.6 Å². The number of fused-ring (bicyclic) bond motifs is 1. The monoisotopic (exact) mass is 261 g/mol. The maximum atomic E-state index is 12.2. The predicted octanol–water partition coefficient (Wildman–Crippen LogP) is 1.02. The highest BCUT2D eigenvalue weighted by molar-refractivity contribution is 5.76. The topological polar surface area (TPSA) is 56.1 Å². The van der Waals surface area contributed by atoms with Crippen LogP contribution in [-0.2, 0) is 11.3 Å². The van der Waals surface area contributed by atoms with Crippen LogP contribution in [0.1, 0.15) is 6.42 Å². The summed E-state index contributed by atoms with van der Waals surface area (Å²) in [5.41, 5.74) is 0.765. The maximum Gasteiger partial charge on any atom is 0.261 e. The number of para-hydroxylation sites is 1. The van der Waals surface area contributed by atoms with Gasteiger partial charge in [0.05, 0.1) is 17.2 Å². The van der Waals surface area contributed by atoms with Crippen LogP contribution in [0, 0.1) is 0 Å². The molecule has 2 rings (SSSR count). The van der Waals surface area contributed by atoms with Gasteiger partial charge in [-0.1, -0.05) is 12.1 Å². The summed E-state index contributed by atoms with van der Waals surface area (Å²) in [7, 11) is 1.69. The van der Waals surface area contributed by atoms with Crippen molar-refractivity contribution >= 4 is 10.9 Å². The first-order chi connectivity index (χ1) is 9.33. The normalized spacial score (nSPS) is 11.0. The zero-order chi connectivity index (χ0) is 13.5. The molecular weight excluding hydrogens is 242 g/mol. The zero-order valence-electron chi connectivity index (χ0n) is 11.1.